The molecule has 7 nitrogen and oxygen atoms in total. The molecule has 1 N–H and O–H groups in total. The van der Waals surface area contributed by atoms with Crippen molar-refractivity contribution < 1.29 is 24.2 Å². The first-order chi connectivity index (χ1) is 16.0. The molecular formula is C25H21ClN2O5. The van der Waals surface area contributed by atoms with E-state index in [1.54, 1.807) is 60.9 Å². The number of pyridine rings is 1. The third-order valence-corrected chi connectivity index (χ3v) is 5.72. The van der Waals surface area contributed by atoms with E-state index in [9.17, 15) is 14.7 Å². The number of hydrogen-bond acceptors (Lipinski definition) is 6. The van der Waals surface area contributed by atoms with Crippen LogP contribution in [-0.4, -0.2) is 40.9 Å². The summed E-state index contributed by atoms with van der Waals surface area (Å²) in [5, 5.41) is 11.9. The fraction of sp³-hybridized carbons (Fsp3) is 0.160. The first-order valence-corrected chi connectivity index (χ1v) is 10.5. The van der Waals surface area contributed by atoms with Crippen LogP contribution in [0.4, 0.5) is 0 Å². The lowest BCUT2D eigenvalue weighted by molar-refractivity contribution is -0.140. The van der Waals surface area contributed by atoms with Crippen molar-refractivity contribution in [2.24, 2.45) is 0 Å². The van der Waals surface area contributed by atoms with E-state index in [0.717, 1.165) is 5.56 Å². The number of Topliss-reactive ketones (excluding diaryl/α,β-unsaturated/α-hetero) is 1. The smallest absolute Gasteiger partial charge is 0.295 e. The van der Waals surface area contributed by atoms with E-state index >= 15 is 0 Å². The zero-order valence-electron chi connectivity index (χ0n) is 18.0. The van der Waals surface area contributed by atoms with Crippen molar-refractivity contribution in [3.63, 3.8) is 0 Å². The molecule has 168 valence electrons. The van der Waals surface area contributed by atoms with Crippen LogP contribution in [0.3, 0.4) is 0 Å². The Balaban J connectivity index is 1.93. The summed E-state index contributed by atoms with van der Waals surface area (Å²) in [6.07, 6.45) is 3.25. The van der Waals surface area contributed by atoms with Crippen molar-refractivity contribution >= 4 is 29.1 Å². The fourth-order valence-corrected chi connectivity index (χ4v) is 4.07. The summed E-state index contributed by atoms with van der Waals surface area (Å²) in [5.41, 5.74) is 1.50. The van der Waals surface area contributed by atoms with Gasteiger partial charge in [-0.25, -0.2) is 0 Å². The molecule has 1 amide bonds. The van der Waals surface area contributed by atoms with E-state index < -0.39 is 17.7 Å². The van der Waals surface area contributed by atoms with Gasteiger partial charge in [0, 0.05) is 24.0 Å². The third-order valence-electron chi connectivity index (χ3n) is 5.47. The molecule has 0 spiro atoms. The Kier molecular flexibility index (Phi) is 6.33. The molecule has 0 aliphatic carbocycles. The van der Waals surface area contributed by atoms with Crippen LogP contribution in [0, 0.1) is 0 Å². The van der Waals surface area contributed by atoms with E-state index in [1.165, 1.54) is 19.1 Å². The highest BCUT2D eigenvalue weighted by Crippen LogP contribution is 2.44. The topological polar surface area (TPSA) is 89.0 Å². The average molecular weight is 465 g/mol. The lowest BCUT2D eigenvalue weighted by Crippen LogP contribution is -2.29. The Bertz CT molecular complexity index is 1200. The van der Waals surface area contributed by atoms with Gasteiger partial charge >= 0.3 is 0 Å². The number of carbonyl (C=O) groups excluding carboxylic acids is 2. The molecule has 3 aromatic rings. The zero-order valence-corrected chi connectivity index (χ0v) is 18.7. The lowest BCUT2D eigenvalue weighted by Gasteiger charge is -2.25. The zero-order chi connectivity index (χ0) is 23.5. The standard InChI is InChI=1S/C25H21ClN2O5/c1-32-18-6-3-7-19(33-2)20(18)23(29)21-22(16-8-10-17(26)11-9-16)28(25(31)24(21)30)14-15-5-4-12-27-13-15/h3-13,22,29H,14H2,1-2H3/b23-21+. The second kappa shape index (κ2) is 9.34. The van der Waals surface area contributed by atoms with Crippen molar-refractivity contribution in [3.05, 3.63) is 94.3 Å². The van der Waals surface area contributed by atoms with Crippen molar-refractivity contribution in [2.45, 2.75) is 12.6 Å². The number of carbonyl (C=O) groups is 2. The molecule has 0 saturated carbocycles. The van der Waals surface area contributed by atoms with Gasteiger partial charge in [0.25, 0.3) is 11.7 Å². The van der Waals surface area contributed by atoms with Gasteiger partial charge in [0.05, 0.1) is 25.8 Å². The number of aliphatic hydroxyl groups excluding tert-OH is 1. The van der Waals surface area contributed by atoms with Gasteiger partial charge in [-0.3, -0.25) is 14.6 Å². The van der Waals surface area contributed by atoms with Gasteiger partial charge in [-0.1, -0.05) is 35.9 Å². The lowest BCUT2D eigenvalue weighted by atomic mass is 9.94. The fourth-order valence-electron chi connectivity index (χ4n) is 3.94. The molecule has 1 unspecified atom stereocenters. The van der Waals surface area contributed by atoms with Crippen molar-refractivity contribution in [1.82, 2.24) is 9.88 Å². The number of aromatic nitrogens is 1. The van der Waals surface area contributed by atoms with E-state index in [4.69, 9.17) is 21.1 Å². The van der Waals surface area contributed by atoms with Gasteiger partial charge < -0.3 is 19.5 Å². The number of amides is 1. The molecule has 0 bridgehead atoms. The second-order valence-corrected chi connectivity index (χ2v) is 7.81. The molecule has 0 radical (unpaired) electrons. The second-order valence-electron chi connectivity index (χ2n) is 7.38. The normalized spacial score (nSPS) is 17.3. The molecule has 1 saturated heterocycles. The van der Waals surface area contributed by atoms with Gasteiger partial charge in [0.2, 0.25) is 0 Å². The number of halogens is 1. The molecule has 8 heteroatoms. The van der Waals surface area contributed by atoms with Crippen molar-refractivity contribution in [2.75, 3.05) is 14.2 Å². The first-order valence-electron chi connectivity index (χ1n) is 10.1. The SMILES string of the molecule is COc1cccc(OC)c1/C(O)=C1\C(=O)C(=O)N(Cc2cccnc2)C1c1ccc(Cl)cc1. The molecule has 33 heavy (non-hydrogen) atoms. The number of ketones is 1. The van der Waals surface area contributed by atoms with Crippen LogP contribution in [0.1, 0.15) is 22.7 Å². The van der Waals surface area contributed by atoms with Crippen LogP contribution < -0.4 is 9.47 Å². The minimum atomic E-state index is -0.850. The molecule has 2 heterocycles. The average Bonchev–Trinajstić information content (AvgIpc) is 3.09. The third kappa shape index (κ3) is 4.15. The van der Waals surface area contributed by atoms with Gasteiger partial charge in [0.1, 0.15) is 22.8 Å². The van der Waals surface area contributed by atoms with Crippen LogP contribution >= 0.6 is 11.6 Å². The highest BCUT2D eigenvalue weighted by atomic mass is 35.5. The van der Waals surface area contributed by atoms with Gasteiger partial charge in [0.15, 0.2) is 0 Å². The molecule has 2 aromatic carbocycles. The first kappa shape index (κ1) is 22.4. The number of nitrogens with zero attached hydrogens (tertiary/aromatic N) is 2. The number of hydrogen-bond donors (Lipinski definition) is 1. The van der Waals surface area contributed by atoms with E-state index in [0.29, 0.717) is 22.1 Å². The van der Waals surface area contributed by atoms with Crippen LogP contribution in [0.5, 0.6) is 11.5 Å². The number of rotatable bonds is 6. The molecule has 1 aliphatic heterocycles. The van der Waals surface area contributed by atoms with Crippen LogP contribution in [0.25, 0.3) is 5.76 Å². The molecule has 1 fully saturated rings. The predicted octanol–water partition coefficient (Wildman–Crippen LogP) is 4.37. The van der Waals surface area contributed by atoms with E-state index in [1.807, 2.05) is 6.07 Å². The van der Waals surface area contributed by atoms with Crippen LogP contribution in [0.2, 0.25) is 5.02 Å². The Hall–Kier alpha value is -3.84. The maximum Gasteiger partial charge on any atom is 0.295 e. The summed E-state index contributed by atoms with van der Waals surface area (Å²) >= 11 is 6.07. The van der Waals surface area contributed by atoms with Crippen molar-refractivity contribution in [3.8, 4) is 11.5 Å². The molecule has 1 aliphatic rings. The van der Waals surface area contributed by atoms with Crippen molar-refractivity contribution in [1.29, 1.82) is 0 Å². The molecule has 1 atom stereocenters. The van der Waals surface area contributed by atoms with Gasteiger partial charge in [-0.05, 0) is 41.5 Å². The molecule has 4 rings (SSSR count). The summed E-state index contributed by atoms with van der Waals surface area (Å²) in [5.74, 6) is -1.30. The predicted molar refractivity (Wildman–Crippen MR) is 123 cm³/mol. The number of likely N-dealkylation sites (tertiary alicyclic amines) is 1. The summed E-state index contributed by atoms with van der Waals surface area (Å²) < 4.78 is 10.8. The number of methoxy groups -OCH3 is 2. The van der Waals surface area contributed by atoms with Crippen LogP contribution in [0.15, 0.2) is 72.6 Å². The Morgan fingerprint density at radius 2 is 1.70 bits per heavy atom. The maximum absolute atomic E-state index is 13.2. The molecule has 1 aromatic heterocycles. The monoisotopic (exact) mass is 464 g/mol. The number of aliphatic hydroxyl groups is 1. The highest BCUT2D eigenvalue weighted by Gasteiger charge is 2.46. The summed E-state index contributed by atoms with van der Waals surface area (Å²) in [7, 11) is 2.90. The van der Waals surface area contributed by atoms with Gasteiger partial charge in [-0.2, -0.15) is 0 Å². The Morgan fingerprint density at radius 3 is 2.27 bits per heavy atom. The summed E-state index contributed by atoms with van der Waals surface area (Å²) in [6, 6.07) is 14.5. The quantitative estimate of drug-likeness (QED) is 0.331. The maximum atomic E-state index is 13.2. The molecular weight excluding hydrogens is 444 g/mol. The largest absolute Gasteiger partial charge is 0.506 e. The summed E-state index contributed by atoms with van der Waals surface area (Å²) in [6.45, 7) is 0.131. The van der Waals surface area contributed by atoms with Gasteiger partial charge in [-0.15, -0.1) is 0 Å². The summed E-state index contributed by atoms with van der Waals surface area (Å²) in [4.78, 5) is 31.9. The Morgan fingerprint density at radius 1 is 1.03 bits per heavy atom. The minimum absolute atomic E-state index is 0.0611. The Labute approximate surface area is 195 Å². The number of ether oxygens (including phenoxy) is 2. The highest BCUT2D eigenvalue weighted by molar-refractivity contribution is 6.46. The number of benzene rings is 2. The van der Waals surface area contributed by atoms with Crippen LogP contribution in [-0.2, 0) is 16.1 Å². The van der Waals surface area contributed by atoms with E-state index in [2.05, 4.69) is 4.98 Å². The minimum Gasteiger partial charge on any atom is -0.506 e. The van der Waals surface area contributed by atoms with E-state index in [-0.39, 0.29) is 23.4 Å².